The summed E-state index contributed by atoms with van der Waals surface area (Å²) < 4.78 is 34.8. The first-order valence-electron chi connectivity index (χ1n) is 14.1. The normalized spacial score (nSPS) is 12.4. The van der Waals surface area contributed by atoms with Crippen molar-refractivity contribution in [3.63, 3.8) is 0 Å². The van der Waals surface area contributed by atoms with Crippen LogP contribution < -0.4 is 14.4 Å². The molecule has 3 rings (SSSR count). The fourth-order valence-electron chi connectivity index (χ4n) is 4.48. The zero-order valence-corrected chi connectivity index (χ0v) is 28.9. The number of sulfonamides is 1. The van der Waals surface area contributed by atoms with Gasteiger partial charge in [0.15, 0.2) is 0 Å². The highest BCUT2D eigenvalue weighted by molar-refractivity contribution is 7.98. The maximum absolute atomic E-state index is 14.3. The summed E-state index contributed by atoms with van der Waals surface area (Å²) in [6.07, 6.45) is 2.18. The van der Waals surface area contributed by atoms with Gasteiger partial charge in [-0.05, 0) is 107 Å². The van der Waals surface area contributed by atoms with Crippen LogP contribution in [-0.2, 0) is 26.2 Å². The third-order valence-electron chi connectivity index (χ3n) is 6.60. The van der Waals surface area contributed by atoms with E-state index in [4.69, 9.17) is 27.9 Å². The molecule has 0 aliphatic carbocycles. The highest BCUT2D eigenvalue weighted by Crippen LogP contribution is 2.29. The molecule has 12 heteroatoms. The first kappa shape index (κ1) is 35.6. The van der Waals surface area contributed by atoms with E-state index in [2.05, 4.69) is 5.32 Å². The lowest BCUT2D eigenvalue weighted by Crippen LogP contribution is -2.55. The number of benzene rings is 3. The molecule has 0 saturated carbocycles. The van der Waals surface area contributed by atoms with E-state index in [1.807, 2.05) is 34.0 Å². The quantitative estimate of drug-likeness (QED) is 0.195. The molecule has 0 fully saturated rings. The second-order valence-electron chi connectivity index (χ2n) is 11.0. The van der Waals surface area contributed by atoms with Gasteiger partial charge >= 0.3 is 0 Å². The molecule has 3 aromatic rings. The Hall–Kier alpha value is -2.92. The SMILES string of the molecule is CCOc1ccc(N(CC(=O)N(Cc2ccc(Cl)cc2Cl)[C@H](CC)C(=O)NC(C)(C)C)S(=O)(=O)c2ccc(SC)cc2)cc1. The van der Waals surface area contributed by atoms with E-state index >= 15 is 0 Å². The van der Waals surface area contributed by atoms with Gasteiger partial charge < -0.3 is 15.0 Å². The van der Waals surface area contributed by atoms with Gasteiger partial charge in [0.25, 0.3) is 10.0 Å². The molecule has 0 saturated heterocycles. The van der Waals surface area contributed by atoms with Gasteiger partial charge in [-0.2, -0.15) is 0 Å². The lowest BCUT2D eigenvalue weighted by molar-refractivity contribution is -0.141. The van der Waals surface area contributed by atoms with Crippen LogP contribution in [0.4, 0.5) is 5.69 Å². The number of rotatable bonds is 13. The Bertz CT molecular complexity index is 1540. The molecule has 0 unspecified atom stereocenters. The lowest BCUT2D eigenvalue weighted by Gasteiger charge is -2.35. The van der Waals surface area contributed by atoms with Crippen LogP contribution in [-0.4, -0.2) is 56.1 Å². The van der Waals surface area contributed by atoms with E-state index in [1.165, 1.54) is 28.8 Å². The third kappa shape index (κ3) is 9.30. The summed E-state index contributed by atoms with van der Waals surface area (Å²) in [5.41, 5.74) is 0.277. The Morgan fingerprint density at radius 3 is 2.14 bits per heavy atom. The number of hydrogen-bond acceptors (Lipinski definition) is 6. The molecule has 0 aliphatic heterocycles. The van der Waals surface area contributed by atoms with Crippen molar-refractivity contribution < 1.29 is 22.7 Å². The average molecular weight is 681 g/mol. The third-order valence-corrected chi connectivity index (χ3v) is 9.72. The Balaban J connectivity index is 2.10. The largest absolute Gasteiger partial charge is 0.494 e. The van der Waals surface area contributed by atoms with E-state index in [1.54, 1.807) is 61.5 Å². The van der Waals surface area contributed by atoms with Crippen molar-refractivity contribution in [2.24, 2.45) is 0 Å². The number of carbonyl (C=O) groups excluding carboxylic acids is 2. The molecule has 44 heavy (non-hydrogen) atoms. The van der Waals surface area contributed by atoms with E-state index in [-0.39, 0.29) is 29.5 Å². The van der Waals surface area contributed by atoms with Crippen LogP contribution >= 0.6 is 35.0 Å². The minimum atomic E-state index is -4.21. The van der Waals surface area contributed by atoms with Gasteiger partial charge in [0, 0.05) is 27.0 Å². The second-order valence-corrected chi connectivity index (χ2v) is 14.6. The summed E-state index contributed by atoms with van der Waals surface area (Å²) in [5.74, 6) is -0.375. The van der Waals surface area contributed by atoms with Crippen LogP contribution in [0.2, 0.25) is 10.0 Å². The molecule has 8 nitrogen and oxygen atoms in total. The molecule has 2 amide bonds. The van der Waals surface area contributed by atoms with Crippen LogP contribution in [0.5, 0.6) is 5.75 Å². The average Bonchev–Trinajstić information content (AvgIpc) is 2.96. The molecular formula is C32H39Cl2N3O5S2. The van der Waals surface area contributed by atoms with Gasteiger partial charge in [-0.25, -0.2) is 8.42 Å². The van der Waals surface area contributed by atoms with Crippen LogP contribution in [0.25, 0.3) is 0 Å². The molecule has 0 heterocycles. The minimum absolute atomic E-state index is 0.0294. The maximum Gasteiger partial charge on any atom is 0.264 e. The smallest absolute Gasteiger partial charge is 0.264 e. The topological polar surface area (TPSA) is 96.0 Å². The molecule has 0 radical (unpaired) electrons. The first-order chi connectivity index (χ1) is 20.7. The summed E-state index contributed by atoms with van der Waals surface area (Å²) >= 11 is 14.1. The van der Waals surface area contributed by atoms with Gasteiger partial charge in [0.05, 0.1) is 17.2 Å². The summed E-state index contributed by atoms with van der Waals surface area (Å²) in [5, 5.41) is 3.70. The van der Waals surface area contributed by atoms with Crippen LogP contribution in [0, 0.1) is 0 Å². The standard InChI is InChI=1S/C32H39Cl2N3O5S2/c1-7-29(31(39)35-32(3,4)5)36(20-22-9-10-23(33)19-28(22)34)30(38)21-37(24-11-13-25(14-12-24)42-8-2)44(40,41)27-17-15-26(43-6)16-18-27/h9-19,29H,7-8,20-21H2,1-6H3,(H,35,39)/t29-/m1/s1. The van der Waals surface area contributed by atoms with Crippen molar-refractivity contribution >= 4 is 62.5 Å². The number of anilines is 1. The monoisotopic (exact) mass is 679 g/mol. The molecule has 0 aromatic heterocycles. The second kappa shape index (κ2) is 15.4. The van der Waals surface area contributed by atoms with Crippen molar-refractivity contribution in [1.82, 2.24) is 10.2 Å². The number of nitrogens with zero attached hydrogens (tertiary/aromatic N) is 2. The maximum atomic E-state index is 14.3. The van der Waals surface area contributed by atoms with E-state index in [9.17, 15) is 18.0 Å². The van der Waals surface area contributed by atoms with Crippen LogP contribution in [0.1, 0.15) is 46.6 Å². The number of nitrogens with one attached hydrogen (secondary N) is 1. The summed E-state index contributed by atoms with van der Waals surface area (Å²) in [7, 11) is -4.21. The van der Waals surface area contributed by atoms with Crippen molar-refractivity contribution in [3.05, 3.63) is 82.3 Å². The molecule has 0 aliphatic rings. The summed E-state index contributed by atoms with van der Waals surface area (Å²) in [6.45, 7) is 9.04. The predicted molar refractivity (Wildman–Crippen MR) is 179 cm³/mol. The van der Waals surface area contributed by atoms with Gasteiger partial charge in [0.1, 0.15) is 18.3 Å². The Morgan fingerprint density at radius 2 is 1.61 bits per heavy atom. The highest BCUT2D eigenvalue weighted by atomic mass is 35.5. The molecule has 1 atom stereocenters. The van der Waals surface area contributed by atoms with E-state index in [0.29, 0.717) is 28.0 Å². The zero-order chi connectivity index (χ0) is 32.7. The molecule has 3 aromatic carbocycles. The summed E-state index contributed by atoms with van der Waals surface area (Å²) in [6, 6.07) is 17.0. The number of thioether (sulfide) groups is 1. The molecule has 0 bridgehead atoms. The predicted octanol–water partition coefficient (Wildman–Crippen LogP) is 7.03. The zero-order valence-electron chi connectivity index (χ0n) is 25.8. The van der Waals surface area contributed by atoms with Gasteiger partial charge in [-0.1, -0.05) is 36.2 Å². The van der Waals surface area contributed by atoms with Crippen LogP contribution in [0.3, 0.4) is 0 Å². The number of halogens is 2. The fourth-order valence-corrected chi connectivity index (χ4v) is 6.78. The number of hydrogen-bond donors (Lipinski definition) is 1. The number of amides is 2. The number of carbonyl (C=O) groups is 2. The van der Waals surface area contributed by atoms with Gasteiger partial charge in [-0.15, -0.1) is 11.8 Å². The van der Waals surface area contributed by atoms with Crippen molar-refractivity contribution in [1.29, 1.82) is 0 Å². The highest BCUT2D eigenvalue weighted by Gasteiger charge is 2.35. The minimum Gasteiger partial charge on any atom is -0.494 e. The van der Waals surface area contributed by atoms with E-state index < -0.39 is 34.1 Å². The van der Waals surface area contributed by atoms with Crippen LogP contribution in [0.15, 0.2) is 76.5 Å². The van der Waals surface area contributed by atoms with Crippen molar-refractivity contribution in [2.75, 3.05) is 23.7 Å². The summed E-state index contributed by atoms with van der Waals surface area (Å²) in [4.78, 5) is 30.1. The fraction of sp³-hybridized carbons (Fsp3) is 0.375. The molecular weight excluding hydrogens is 641 g/mol. The first-order valence-corrected chi connectivity index (χ1v) is 17.6. The van der Waals surface area contributed by atoms with Gasteiger partial charge in [-0.3, -0.25) is 13.9 Å². The van der Waals surface area contributed by atoms with E-state index in [0.717, 1.165) is 9.20 Å². The van der Waals surface area contributed by atoms with Crippen molar-refractivity contribution in [3.8, 4) is 5.75 Å². The molecule has 238 valence electrons. The Kier molecular flexibility index (Phi) is 12.4. The Morgan fingerprint density at radius 1 is 0.977 bits per heavy atom. The van der Waals surface area contributed by atoms with Crippen molar-refractivity contribution in [2.45, 2.75) is 69.0 Å². The molecule has 0 spiro atoms. The van der Waals surface area contributed by atoms with Gasteiger partial charge in [0.2, 0.25) is 11.8 Å². The Labute approximate surface area is 275 Å². The lowest BCUT2D eigenvalue weighted by atomic mass is 10.1. The number of ether oxygens (including phenoxy) is 1. The molecule has 1 N–H and O–H groups in total.